The lowest BCUT2D eigenvalue weighted by Crippen LogP contribution is -2.44. The lowest BCUT2D eigenvalue weighted by molar-refractivity contribution is -0.527. The molecule has 3 aromatic carbocycles. The van der Waals surface area contributed by atoms with Gasteiger partial charge in [0, 0.05) is 28.8 Å². The number of nitrogens with one attached hydrogen (secondary N) is 2. The Hall–Kier alpha value is -4.63. The molecule has 1 aliphatic carbocycles. The van der Waals surface area contributed by atoms with Gasteiger partial charge in [-0.2, -0.15) is 0 Å². The van der Waals surface area contributed by atoms with Gasteiger partial charge in [-0.15, -0.1) is 0 Å². The van der Waals surface area contributed by atoms with Gasteiger partial charge in [-0.05, 0) is 35.4 Å². The molecular weight excluding hydrogens is 480 g/mol. The number of fused-ring (bicyclic) bond motifs is 6. The zero-order valence-corrected chi connectivity index (χ0v) is 20.5. The molecule has 9 heteroatoms. The topological polar surface area (TPSA) is 119 Å². The number of hydrogen-bond donors (Lipinski definition) is 2. The molecule has 2 N–H and O–H groups in total. The van der Waals surface area contributed by atoms with Crippen molar-refractivity contribution < 1.29 is 9.66 Å². The van der Waals surface area contributed by atoms with Crippen molar-refractivity contribution in [3.8, 4) is 17.0 Å². The highest BCUT2D eigenvalue weighted by Crippen LogP contribution is 2.58. The van der Waals surface area contributed by atoms with Crippen LogP contribution in [0.5, 0.6) is 5.75 Å². The van der Waals surface area contributed by atoms with E-state index in [2.05, 4.69) is 15.3 Å². The van der Waals surface area contributed by atoms with Crippen molar-refractivity contribution >= 4 is 11.0 Å². The summed E-state index contributed by atoms with van der Waals surface area (Å²) in [6, 6.07) is 21.9. The van der Waals surface area contributed by atoms with Gasteiger partial charge in [0.05, 0.1) is 47.8 Å². The molecule has 1 saturated heterocycles. The average molecular weight is 505 g/mol. The van der Waals surface area contributed by atoms with Crippen molar-refractivity contribution in [3.63, 3.8) is 0 Å². The molecule has 4 atom stereocenters. The lowest BCUT2D eigenvalue weighted by Gasteiger charge is -2.33. The van der Waals surface area contributed by atoms with Gasteiger partial charge in [-0.3, -0.25) is 15.4 Å². The number of imidazole rings is 1. The standard InChI is InChI=1S/C29H24N6O3/c1-38-19-8-6-7-17(13-19)25-27(35(36)37)24(14-18-15-30-16-31-18)34-29(25)21-10-3-2-9-20(21)26-28(29)33-23-12-5-4-11-22(23)32-26/h2-13,15-16,24-25,27,34H,14H2,1H3,(H,30,31). The molecule has 1 spiro atoms. The number of methoxy groups -OCH3 is 1. The molecule has 2 aliphatic rings. The fourth-order valence-corrected chi connectivity index (χ4v) is 6.40. The number of aromatic amines is 1. The molecule has 9 nitrogen and oxygen atoms in total. The molecule has 38 heavy (non-hydrogen) atoms. The van der Waals surface area contributed by atoms with Gasteiger partial charge >= 0.3 is 0 Å². The minimum Gasteiger partial charge on any atom is -0.497 e. The van der Waals surface area contributed by atoms with Crippen LogP contribution in [-0.4, -0.2) is 44.1 Å². The number of nitro groups is 1. The molecular formula is C29H24N6O3. The monoisotopic (exact) mass is 504 g/mol. The van der Waals surface area contributed by atoms with Crippen LogP contribution in [0.4, 0.5) is 0 Å². The van der Waals surface area contributed by atoms with Gasteiger partial charge in [0.25, 0.3) is 0 Å². The van der Waals surface area contributed by atoms with Crippen molar-refractivity contribution in [2.24, 2.45) is 0 Å². The van der Waals surface area contributed by atoms with E-state index >= 15 is 0 Å². The van der Waals surface area contributed by atoms with Gasteiger partial charge in [0.1, 0.15) is 11.3 Å². The van der Waals surface area contributed by atoms with Gasteiger partial charge in [-0.1, -0.05) is 48.5 Å². The van der Waals surface area contributed by atoms with E-state index in [0.717, 1.165) is 39.1 Å². The van der Waals surface area contributed by atoms with Crippen molar-refractivity contribution in [2.75, 3.05) is 7.11 Å². The maximum atomic E-state index is 12.9. The maximum absolute atomic E-state index is 12.9. The predicted octanol–water partition coefficient (Wildman–Crippen LogP) is 4.23. The summed E-state index contributed by atoms with van der Waals surface area (Å²) in [4.78, 5) is 30.2. The number of ether oxygens (including phenoxy) is 1. The summed E-state index contributed by atoms with van der Waals surface area (Å²) in [6.07, 6.45) is 3.72. The maximum Gasteiger partial charge on any atom is 0.237 e. The van der Waals surface area contributed by atoms with E-state index < -0.39 is 23.5 Å². The Morgan fingerprint density at radius 2 is 1.82 bits per heavy atom. The second kappa shape index (κ2) is 8.46. The third kappa shape index (κ3) is 3.18. The molecule has 0 bridgehead atoms. The minimum atomic E-state index is -0.974. The first-order valence-corrected chi connectivity index (χ1v) is 12.5. The zero-order chi connectivity index (χ0) is 25.9. The summed E-state index contributed by atoms with van der Waals surface area (Å²) >= 11 is 0. The molecule has 0 saturated carbocycles. The Morgan fingerprint density at radius 3 is 2.58 bits per heavy atom. The lowest BCUT2D eigenvalue weighted by atomic mass is 9.73. The van der Waals surface area contributed by atoms with E-state index in [0.29, 0.717) is 17.9 Å². The molecule has 1 aliphatic heterocycles. The van der Waals surface area contributed by atoms with Crippen LogP contribution in [-0.2, 0) is 12.0 Å². The highest BCUT2D eigenvalue weighted by Gasteiger charge is 2.65. The third-order valence-corrected chi connectivity index (χ3v) is 7.88. The number of benzene rings is 3. The molecule has 2 aromatic heterocycles. The minimum absolute atomic E-state index is 0.151. The number of rotatable bonds is 5. The second-order valence-electron chi connectivity index (χ2n) is 9.83. The molecule has 0 amide bonds. The second-order valence-corrected chi connectivity index (χ2v) is 9.83. The summed E-state index contributed by atoms with van der Waals surface area (Å²) in [7, 11) is 1.60. The number of hydrogen-bond acceptors (Lipinski definition) is 7. The first-order chi connectivity index (χ1) is 18.6. The summed E-state index contributed by atoms with van der Waals surface area (Å²) in [5, 5.41) is 16.7. The largest absolute Gasteiger partial charge is 0.497 e. The molecule has 1 fully saturated rings. The van der Waals surface area contributed by atoms with E-state index in [4.69, 9.17) is 14.7 Å². The fourth-order valence-electron chi connectivity index (χ4n) is 6.40. The summed E-state index contributed by atoms with van der Waals surface area (Å²) in [6.45, 7) is 0. The van der Waals surface area contributed by atoms with Crippen molar-refractivity contribution in [3.05, 3.63) is 118 Å². The van der Waals surface area contributed by atoms with Crippen molar-refractivity contribution in [1.29, 1.82) is 0 Å². The van der Waals surface area contributed by atoms with E-state index in [1.165, 1.54) is 0 Å². The molecule has 0 radical (unpaired) electrons. The predicted molar refractivity (Wildman–Crippen MR) is 141 cm³/mol. The Kier molecular flexibility index (Phi) is 5.02. The van der Waals surface area contributed by atoms with Crippen LogP contribution in [0.1, 0.15) is 28.4 Å². The SMILES string of the molecule is COc1cccc(C2C([N+](=O)[O-])C(Cc3cnc[nH]3)NC23c2ccccc2-c2nc4ccccc4nc23)c1. The van der Waals surface area contributed by atoms with Gasteiger partial charge in [-0.25, -0.2) is 15.0 Å². The van der Waals surface area contributed by atoms with Crippen LogP contribution in [0.3, 0.4) is 0 Å². The van der Waals surface area contributed by atoms with Crippen LogP contribution >= 0.6 is 0 Å². The van der Waals surface area contributed by atoms with E-state index in [1.54, 1.807) is 19.6 Å². The Bertz CT molecular complexity index is 1690. The number of nitrogens with zero attached hydrogens (tertiary/aromatic N) is 4. The highest BCUT2D eigenvalue weighted by atomic mass is 16.6. The van der Waals surface area contributed by atoms with Crippen LogP contribution in [0.25, 0.3) is 22.3 Å². The molecule has 4 unspecified atom stereocenters. The van der Waals surface area contributed by atoms with Crippen LogP contribution in [0.2, 0.25) is 0 Å². The van der Waals surface area contributed by atoms with Gasteiger partial charge < -0.3 is 9.72 Å². The van der Waals surface area contributed by atoms with E-state index in [1.807, 2.05) is 72.8 Å². The summed E-state index contributed by atoms with van der Waals surface area (Å²) < 4.78 is 5.54. The molecule has 7 rings (SSSR count). The Morgan fingerprint density at radius 1 is 1.03 bits per heavy atom. The number of H-pyrrole nitrogens is 1. The van der Waals surface area contributed by atoms with Crippen molar-refractivity contribution in [2.45, 2.75) is 30.0 Å². The summed E-state index contributed by atoms with van der Waals surface area (Å²) in [5.74, 6) is 0.0613. The average Bonchev–Trinajstić information content (AvgIpc) is 3.65. The van der Waals surface area contributed by atoms with Crippen molar-refractivity contribution in [1.82, 2.24) is 25.3 Å². The third-order valence-electron chi connectivity index (χ3n) is 7.88. The quantitative estimate of drug-likeness (QED) is 0.272. The Labute approximate surface area is 218 Å². The highest BCUT2D eigenvalue weighted by molar-refractivity contribution is 5.84. The van der Waals surface area contributed by atoms with Crippen LogP contribution in [0.15, 0.2) is 85.3 Å². The first kappa shape index (κ1) is 22.6. The van der Waals surface area contributed by atoms with Gasteiger partial charge in [0.15, 0.2) is 0 Å². The van der Waals surface area contributed by atoms with Crippen LogP contribution < -0.4 is 10.1 Å². The zero-order valence-electron chi connectivity index (χ0n) is 20.5. The number of aromatic nitrogens is 4. The van der Waals surface area contributed by atoms with E-state index in [9.17, 15) is 10.1 Å². The normalized spacial score (nSPS) is 23.4. The molecule has 5 aromatic rings. The summed E-state index contributed by atoms with van der Waals surface area (Å²) in [5.41, 5.74) is 5.54. The van der Waals surface area contributed by atoms with Gasteiger partial charge in [0.2, 0.25) is 6.04 Å². The fraction of sp³-hybridized carbons (Fsp3) is 0.207. The van der Waals surface area contributed by atoms with Crippen LogP contribution in [0, 0.1) is 10.1 Å². The first-order valence-electron chi connectivity index (χ1n) is 12.5. The smallest absolute Gasteiger partial charge is 0.237 e. The Balaban J connectivity index is 1.54. The molecule has 3 heterocycles. The molecule has 188 valence electrons. The number of para-hydroxylation sites is 2. The van der Waals surface area contributed by atoms with E-state index in [-0.39, 0.29) is 4.92 Å².